The van der Waals surface area contributed by atoms with E-state index in [2.05, 4.69) is 187 Å². The van der Waals surface area contributed by atoms with Crippen LogP contribution in [-0.4, -0.2) is 0 Å². The van der Waals surface area contributed by atoms with Crippen LogP contribution >= 0.6 is 0 Å². The average molecular weight is 732 g/mol. The largest absolute Gasteiger partial charge is 0.455 e. The second-order valence-corrected chi connectivity index (χ2v) is 14.8. The van der Waals surface area contributed by atoms with Crippen molar-refractivity contribution in [3.05, 3.63) is 218 Å². The minimum absolute atomic E-state index is 0.295. The van der Waals surface area contributed by atoms with E-state index in [1.54, 1.807) is 0 Å². The summed E-state index contributed by atoms with van der Waals surface area (Å²) in [5, 5.41) is 4.53. The molecule has 11 rings (SSSR count). The number of fused-ring (bicyclic) bond motifs is 6. The molecular weight excluding hydrogens is 695 g/mol. The minimum atomic E-state index is 0.295. The molecule has 270 valence electrons. The molecule has 1 atom stereocenters. The van der Waals surface area contributed by atoms with Gasteiger partial charge in [0.1, 0.15) is 22.3 Å². The Morgan fingerprint density at radius 3 is 1.61 bits per heavy atom. The average Bonchev–Trinajstić information content (AvgIpc) is 3.86. The van der Waals surface area contributed by atoms with Crippen molar-refractivity contribution in [2.45, 2.75) is 12.3 Å². The fraction of sp³-hybridized carbons (Fsp3) is 0.0370. The Hall–Kier alpha value is -7.36. The van der Waals surface area contributed by atoms with Gasteiger partial charge in [0.25, 0.3) is 0 Å². The maximum Gasteiger partial charge on any atom is 0.143 e. The zero-order valence-electron chi connectivity index (χ0n) is 31.2. The quantitative estimate of drug-likeness (QED) is 0.163. The van der Waals surface area contributed by atoms with Crippen molar-refractivity contribution in [3.8, 4) is 33.4 Å². The molecule has 0 fully saturated rings. The lowest BCUT2D eigenvalue weighted by atomic mass is 9.90. The van der Waals surface area contributed by atoms with Crippen LogP contribution in [0.1, 0.15) is 17.9 Å². The van der Waals surface area contributed by atoms with Gasteiger partial charge in [-0.1, -0.05) is 164 Å². The van der Waals surface area contributed by atoms with Crippen LogP contribution in [0.3, 0.4) is 0 Å². The molecule has 0 saturated heterocycles. The van der Waals surface area contributed by atoms with Crippen LogP contribution < -0.4 is 4.90 Å². The lowest BCUT2D eigenvalue weighted by Crippen LogP contribution is -2.17. The summed E-state index contributed by atoms with van der Waals surface area (Å²) >= 11 is 0. The Balaban J connectivity index is 0.976. The molecule has 0 N–H and O–H groups in total. The number of anilines is 2. The summed E-state index contributed by atoms with van der Waals surface area (Å²) in [6.45, 7) is 0. The smallest absolute Gasteiger partial charge is 0.143 e. The van der Waals surface area contributed by atoms with Crippen LogP contribution in [0, 0.1) is 0 Å². The van der Waals surface area contributed by atoms with Crippen molar-refractivity contribution in [3.63, 3.8) is 0 Å². The molecule has 10 aromatic rings. The molecule has 3 heteroatoms. The molecule has 8 aromatic carbocycles. The summed E-state index contributed by atoms with van der Waals surface area (Å²) in [5.41, 5.74) is 15.1. The lowest BCUT2D eigenvalue weighted by molar-refractivity contribution is 0.669. The van der Waals surface area contributed by atoms with Gasteiger partial charge in [0.15, 0.2) is 0 Å². The monoisotopic (exact) mass is 731 g/mol. The van der Waals surface area contributed by atoms with E-state index in [1.165, 1.54) is 16.7 Å². The Bertz CT molecular complexity index is 3150. The zero-order valence-corrected chi connectivity index (χ0v) is 31.2. The molecule has 1 aliphatic carbocycles. The second-order valence-electron chi connectivity index (χ2n) is 14.8. The molecule has 0 spiro atoms. The summed E-state index contributed by atoms with van der Waals surface area (Å²) in [5.74, 6) is 0.295. The Kier molecular flexibility index (Phi) is 7.96. The van der Waals surface area contributed by atoms with E-state index < -0.39 is 0 Å². The van der Waals surface area contributed by atoms with Crippen molar-refractivity contribution in [2.75, 3.05) is 4.90 Å². The highest BCUT2D eigenvalue weighted by Gasteiger charge is 2.21. The lowest BCUT2D eigenvalue weighted by Gasteiger charge is -2.29. The molecule has 57 heavy (non-hydrogen) atoms. The predicted octanol–water partition coefficient (Wildman–Crippen LogP) is 15.3. The maximum atomic E-state index is 6.49. The topological polar surface area (TPSA) is 29.5 Å². The van der Waals surface area contributed by atoms with Gasteiger partial charge in [-0.2, -0.15) is 0 Å². The van der Waals surface area contributed by atoms with E-state index in [1.807, 2.05) is 24.3 Å². The first-order valence-electron chi connectivity index (χ1n) is 19.6. The van der Waals surface area contributed by atoms with E-state index >= 15 is 0 Å². The first-order chi connectivity index (χ1) is 28.2. The number of hydrogen-bond acceptors (Lipinski definition) is 3. The fourth-order valence-electron chi connectivity index (χ4n) is 8.57. The fourth-order valence-corrected chi connectivity index (χ4v) is 8.57. The van der Waals surface area contributed by atoms with Gasteiger partial charge in [0, 0.05) is 55.7 Å². The Morgan fingerprint density at radius 2 is 0.965 bits per heavy atom. The summed E-state index contributed by atoms with van der Waals surface area (Å²) in [7, 11) is 0. The van der Waals surface area contributed by atoms with Crippen LogP contribution in [0.4, 0.5) is 11.4 Å². The van der Waals surface area contributed by atoms with Crippen molar-refractivity contribution in [1.29, 1.82) is 0 Å². The molecule has 2 heterocycles. The molecule has 1 unspecified atom stereocenters. The SMILES string of the molecule is C1=CC(c2ccc(-c3ccccc3)cc2)CC=C1N(c1ccc(-c2cccc3c2oc2ccccc23)cc1)c1cccc(-c2cccc3c2oc2ccccc23)c1. The van der Waals surface area contributed by atoms with Crippen molar-refractivity contribution in [2.24, 2.45) is 0 Å². The number of para-hydroxylation sites is 4. The first-order valence-corrected chi connectivity index (χ1v) is 19.6. The number of rotatable bonds is 7. The van der Waals surface area contributed by atoms with Crippen molar-refractivity contribution >= 4 is 55.3 Å². The van der Waals surface area contributed by atoms with Gasteiger partial charge < -0.3 is 13.7 Å². The number of nitrogens with zero attached hydrogens (tertiary/aromatic N) is 1. The third-order valence-electron chi connectivity index (χ3n) is 11.4. The van der Waals surface area contributed by atoms with Crippen LogP contribution in [-0.2, 0) is 0 Å². The van der Waals surface area contributed by atoms with Gasteiger partial charge in [-0.3, -0.25) is 0 Å². The van der Waals surface area contributed by atoms with E-state index in [0.29, 0.717) is 5.92 Å². The molecule has 2 aromatic heterocycles. The molecule has 0 bridgehead atoms. The second kappa shape index (κ2) is 13.7. The first kappa shape index (κ1) is 33.0. The van der Waals surface area contributed by atoms with Gasteiger partial charge in [-0.25, -0.2) is 0 Å². The molecule has 0 saturated carbocycles. The standard InChI is InChI=1S/C54H37NO2/c1-2-11-36(12-3-1)37-23-25-38(26-24-37)39-27-31-42(32-28-39)55(43-33-29-40(30-34-43)45-17-9-19-49-47-15-4-6-21-51(47)56-53(45)49)44-14-8-13-41(35-44)46-18-10-20-50-48-16-5-7-22-52(48)57-54(46)50/h1-27,29-35,39H,28H2. The van der Waals surface area contributed by atoms with Gasteiger partial charge >= 0.3 is 0 Å². The number of benzene rings is 8. The van der Waals surface area contributed by atoms with E-state index in [9.17, 15) is 0 Å². The van der Waals surface area contributed by atoms with E-state index in [4.69, 9.17) is 8.83 Å². The highest BCUT2D eigenvalue weighted by atomic mass is 16.3. The predicted molar refractivity (Wildman–Crippen MR) is 237 cm³/mol. The maximum absolute atomic E-state index is 6.49. The highest BCUT2D eigenvalue weighted by Crippen LogP contribution is 2.42. The van der Waals surface area contributed by atoms with Crippen LogP contribution in [0.5, 0.6) is 0 Å². The third kappa shape index (κ3) is 5.84. The summed E-state index contributed by atoms with van der Waals surface area (Å²) in [6, 6.07) is 66.7. The van der Waals surface area contributed by atoms with Crippen LogP contribution in [0.2, 0.25) is 0 Å². The zero-order chi connectivity index (χ0) is 37.7. The van der Waals surface area contributed by atoms with Gasteiger partial charge in [-0.05, 0) is 76.7 Å². The number of hydrogen-bond donors (Lipinski definition) is 0. The van der Waals surface area contributed by atoms with Gasteiger partial charge in [0.2, 0.25) is 0 Å². The molecule has 3 nitrogen and oxygen atoms in total. The summed E-state index contributed by atoms with van der Waals surface area (Å²) in [6.07, 6.45) is 7.92. The molecule has 1 aliphatic rings. The molecular formula is C54H37NO2. The van der Waals surface area contributed by atoms with Crippen molar-refractivity contribution < 1.29 is 8.83 Å². The molecule has 0 amide bonds. The highest BCUT2D eigenvalue weighted by molar-refractivity contribution is 6.10. The van der Waals surface area contributed by atoms with E-state index in [0.717, 1.165) is 89.6 Å². The number of allylic oxidation sites excluding steroid dienone is 3. The van der Waals surface area contributed by atoms with Gasteiger partial charge in [0.05, 0.1) is 0 Å². The minimum Gasteiger partial charge on any atom is -0.455 e. The third-order valence-corrected chi connectivity index (χ3v) is 11.4. The Labute approximate surface area is 331 Å². The summed E-state index contributed by atoms with van der Waals surface area (Å²) in [4.78, 5) is 2.37. The molecule has 0 aliphatic heterocycles. The van der Waals surface area contributed by atoms with E-state index in [-0.39, 0.29) is 0 Å². The van der Waals surface area contributed by atoms with Gasteiger partial charge in [-0.15, -0.1) is 0 Å². The van der Waals surface area contributed by atoms with Crippen LogP contribution in [0.15, 0.2) is 221 Å². The molecule has 0 radical (unpaired) electrons. The van der Waals surface area contributed by atoms with Crippen LogP contribution in [0.25, 0.3) is 77.3 Å². The summed E-state index contributed by atoms with van der Waals surface area (Å²) < 4.78 is 12.9. The normalized spacial score (nSPS) is 14.1. The van der Waals surface area contributed by atoms with Crippen molar-refractivity contribution in [1.82, 2.24) is 0 Å². The Morgan fingerprint density at radius 1 is 0.421 bits per heavy atom. The number of furan rings is 2.